The molecule has 0 unspecified atom stereocenters. The number of hydrogen-bond donors (Lipinski definition) is 1. The van der Waals surface area contributed by atoms with Gasteiger partial charge in [0.25, 0.3) is 5.91 Å². The minimum absolute atomic E-state index is 0.124. The van der Waals surface area contributed by atoms with Crippen LogP contribution in [0.4, 0.5) is 5.69 Å². The van der Waals surface area contributed by atoms with E-state index in [-0.39, 0.29) is 29.7 Å². The van der Waals surface area contributed by atoms with Crippen molar-refractivity contribution in [2.75, 3.05) is 11.9 Å². The Labute approximate surface area is 174 Å². The van der Waals surface area contributed by atoms with Gasteiger partial charge < -0.3 is 10.1 Å². The highest BCUT2D eigenvalue weighted by Gasteiger charge is 2.32. The smallest absolute Gasteiger partial charge is 0.262 e. The molecule has 0 saturated heterocycles. The molecule has 5 heteroatoms. The monoisotopic (exact) mass is 397 g/mol. The van der Waals surface area contributed by atoms with Crippen LogP contribution >= 0.6 is 0 Å². The number of anilines is 1. The zero-order valence-electron chi connectivity index (χ0n) is 16.3. The largest absolute Gasteiger partial charge is 0.484 e. The fraction of sp³-hybridized carbons (Fsp3) is 0.0800. The van der Waals surface area contributed by atoms with E-state index in [1.54, 1.807) is 54.6 Å². The number of nitrogens with one attached hydrogen (secondary N) is 1. The predicted octanol–water partition coefficient (Wildman–Crippen LogP) is 4.48. The normalized spacial score (nSPS) is 12.5. The van der Waals surface area contributed by atoms with Crippen LogP contribution in [0.25, 0.3) is 6.08 Å². The first-order valence-corrected chi connectivity index (χ1v) is 9.51. The Balaban J connectivity index is 1.39. The maximum Gasteiger partial charge on any atom is 0.262 e. The molecule has 0 heterocycles. The van der Waals surface area contributed by atoms with Gasteiger partial charge in [-0.3, -0.25) is 14.4 Å². The fourth-order valence-corrected chi connectivity index (χ4v) is 3.30. The van der Waals surface area contributed by atoms with Crippen LogP contribution in [0.15, 0.2) is 78.4 Å². The van der Waals surface area contributed by atoms with E-state index < -0.39 is 0 Å². The molecule has 0 spiro atoms. The Morgan fingerprint density at radius 1 is 0.900 bits per heavy atom. The van der Waals surface area contributed by atoms with Crippen molar-refractivity contribution in [2.24, 2.45) is 0 Å². The lowest BCUT2D eigenvalue weighted by Crippen LogP contribution is -2.20. The van der Waals surface area contributed by atoms with Gasteiger partial charge in [-0.25, -0.2) is 0 Å². The number of amides is 1. The Morgan fingerprint density at radius 2 is 1.57 bits per heavy atom. The average molecular weight is 397 g/mol. The number of benzene rings is 3. The first-order valence-electron chi connectivity index (χ1n) is 9.51. The maximum atomic E-state index is 12.5. The number of ether oxygens (including phenoxy) is 1. The summed E-state index contributed by atoms with van der Waals surface area (Å²) in [7, 11) is 0. The summed E-state index contributed by atoms with van der Waals surface area (Å²) < 4.78 is 5.52. The van der Waals surface area contributed by atoms with E-state index in [2.05, 4.69) is 5.32 Å². The Morgan fingerprint density at radius 3 is 2.20 bits per heavy atom. The number of aryl methyl sites for hydroxylation is 1. The van der Waals surface area contributed by atoms with Gasteiger partial charge in [0.15, 0.2) is 18.2 Å². The van der Waals surface area contributed by atoms with Crippen molar-refractivity contribution >= 4 is 29.2 Å². The summed E-state index contributed by atoms with van der Waals surface area (Å²) in [5, 5.41) is 2.78. The van der Waals surface area contributed by atoms with Crippen LogP contribution in [0.5, 0.6) is 5.75 Å². The van der Waals surface area contributed by atoms with Crippen LogP contribution in [-0.4, -0.2) is 24.1 Å². The van der Waals surface area contributed by atoms with Gasteiger partial charge in [-0.05, 0) is 48.4 Å². The maximum absolute atomic E-state index is 12.5. The third-order valence-electron chi connectivity index (χ3n) is 4.77. The van der Waals surface area contributed by atoms with Crippen molar-refractivity contribution < 1.29 is 19.1 Å². The number of ketones is 2. The van der Waals surface area contributed by atoms with Crippen molar-refractivity contribution in [3.8, 4) is 5.75 Å². The standard InChI is InChI=1S/C25H19NO4/c1-16-5-4-6-18(13-16)26-23(27)15-30-19-11-9-17(10-12-19)14-22-24(28)20-7-2-3-8-21(20)25(22)29/h2-14H,15H2,1H3,(H,26,27). The molecule has 0 aromatic heterocycles. The van der Waals surface area contributed by atoms with Crippen molar-refractivity contribution in [3.05, 3.63) is 101 Å². The number of carbonyl (C=O) groups is 3. The molecule has 1 aliphatic rings. The second-order valence-electron chi connectivity index (χ2n) is 7.04. The summed E-state index contributed by atoms with van der Waals surface area (Å²) in [6.07, 6.45) is 1.58. The molecule has 0 aliphatic heterocycles. The van der Waals surface area contributed by atoms with Crippen LogP contribution in [0.1, 0.15) is 31.8 Å². The number of rotatable bonds is 5. The summed E-state index contributed by atoms with van der Waals surface area (Å²) in [5.41, 5.74) is 3.51. The van der Waals surface area contributed by atoms with Crippen molar-refractivity contribution in [1.29, 1.82) is 0 Å². The molecule has 1 N–H and O–H groups in total. The quantitative estimate of drug-likeness (QED) is 0.509. The molecule has 1 aliphatic carbocycles. The molecule has 0 saturated carbocycles. The van der Waals surface area contributed by atoms with Crippen molar-refractivity contribution in [2.45, 2.75) is 6.92 Å². The molecule has 3 aromatic rings. The molecule has 4 rings (SSSR count). The molecule has 5 nitrogen and oxygen atoms in total. The highest BCUT2D eigenvalue weighted by molar-refractivity contribution is 6.41. The third kappa shape index (κ3) is 4.05. The lowest BCUT2D eigenvalue weighted by molar-refractivity contribution is -0.118. The number of carbonyl (C=O) groups excluding carboxylic acids is 3. The van der Waals surface area contributed by atoms with Crippen LogP contribution in [0.2, 0.25) is 0 Å². The highest BCUT2D eigenvalue weighted by atomic mass is 16.5. The van der Waals surface area contributed by atoms with Crippen LogP contribution in [-0.2, 0) is 4.79 Å². The lowest BCUT2D eigenvalue weighted by atomic mass is 10.1. The van der Waals surface area contributed by atoms with Crippen LogP contribution in [0.3, 0.4) is 0 Å². The SMILES string of the molecule is Cc1cccc(NC(=O)COc2ccc(C=C3C(=O)c4ccccc4C3=O)cc2)c1. The second kappa shape index (κ2) is 8.17. The van der Waals surface area contributed by atoms with Crippen molar-refractivity contribution in [3.63, 3.8) is 0 Å². The van der Waals surface area contributed by atoms with E-state index in [0.717, 1.165) is 11.3 Å². The van der Waals surface area contributed by atoms with Gasteiger partial charge in [-0.1, -0.05) is 48.5 Å². The molecule has 3 aromatic carbocycles. The first kappa shape index (κ1) is 19.3. The van der Waals surface area contributed by atoms with Gasteiger partial charge in [0, 0.05) is 16.8 Å². The van der Waals surface area contributed by atoms with Crippen LogP contribution < -0.4 is 10.1 Å². The average Bonchev–Trinajstić information content (AvgIpc) is 2.98. The molecular formula is C25H19NO4. The number of hydrogen-bond acceptors (Lipinski definition) is 4. The zero-order valence-corrected chi connectivity index (χ0v) is 16.3. The van der Waals surface area contributed by atoms with Crippen molar-refractivity contribution in [1.82, 2.24) is 0 Å². The molecule has 0 bridgehead atoms. The van der Waals surface area contributed by atoms with Gasteiger partial charge in [0.1, 0.15) is 5.75 Å². The summed E-state index contributed by atoms with van der Waals surface area (Å²) in [5.74, 6) is -0.261. The Hall–Kier alpha value is -3.99. The molecule has 30 heavy (non-hydrogen) atoms. The summed E-state index contributed by atoms with van der Waals surface area (Å²) in [6.45, 7) is 1.83. The van der Waals surface area contributed by atoms with E-state index in [0.29, 0.717) is 22.4 Å². The predicted molar refractivity (Wildman–Crippen MR) is 115 cm³/mol. The Kier molecular flexibility index (Phi) is 5.26. The number of allylic oxidation sites excluding steroid dienone is 1. The molecule has 0 atom stereocenters. The fourth-order valence-electron chi connectivity index (χ4n) is 3.30. The van der Waals surface area contributed by atoms with Gasteiger partial charge >= 0.3 is 0 Å². The molecule has 0 fully saturated rings. The molecule has 148 valence electrons. The zero-order chi connectivity index (χ0) is 21.1. The third-order valence-corrected chi connectivity index (χ3v) is 4.77. The second-order valence-corrected chi connectivity index (χ2v) is 7.04. The van der Waals surface area contributed by atoms with E-state index in [9.17, 15) is 14.4 Å². The van der Waals surface area contributed by atoms with Gasteiger partial charge in [-0.2, -0.15) is 0 Å². The van der Waals surface area contributed by atoms with Gasteiger partial charge in [-0.15, -0.1) is 0 Å². The first-order chi connectivity index (χ1) is 14.5. The van der Waals surface area contributed by atoms with Crippen LogP contribution in [0, 0.1) is 6.92 Å². The van der Waals surface area contributed by atoms with Gasteiger partial charge in [0.05, 0.1) is 5.57 Å². The summed E-state index contributed by atoms with van der Waals surface area (Å²) >= 11 is 0. The number of Topliss-reactive ketones (excluding diaryl/α,β-unsaturated/α-hetero) is 2. The van der Waals surface area contributed by atoms with Gasteiger partial charge in [0.2, 0.25) is 0 Å². The van der Waals surface area contributed by atoms with E-state index >= 15 is 0 Å². The minimum Gasteiger partial charge on any atom is -0.484 e. The number of fused-ring (bicyclic) bond motifs is 1. The summed E-state index contributed by atoms with van der Waals surface area (Å²) in [6, 6.07) is 21.2. The molecular weight excluding hydrogens is 378 g/mol. The Bertz CT molecular complexity index is 1140. The molecule has 0 radical (unpaired) electrons. The lowest BCUT2D eigenvalue weighted by Gasteiger charge is -2.08. The van der Waals surface area contributed by atoms with E-state index in [4.69, 9.17) is 4.74 Å². The molecule has 1 amide bonds. The van der Waals surface area contributed by atoms with E-state index in [1.807, 2.05) is 31.2 Å². The highest BCUT2D eigenvalue weighted by Crippen LogP contribution is 2.28. The van der Waals surface area contributed by atoms with E-state index in [1.165, 1.54) is 0 Å². The summed E-state index contributed by atoms with van der Waals surface area (Å²) in [4.78, 5) is 37.0. The minimum atomic E-state index is -0.260. The topological polar surface area (TPSA) is 72.5 Å².